The molecule has 0 bridgehead atoms. The molecule has 0 fully saturated rings. The maximum Gasteiger partial charge on any atom is 0.329 e. The number of benzene rings is 2. The summed E-state index contributed by atoms with van der Waals surface area (Å²) >= 11 is 3.56. The third-order valence-corrected chi connectivity index (χ3v) is 4.67. The number of hydrogen-bond acceptors (Lipinski definition) is 4. The average Bonchev–Trinajstić information content (AvgIpc) is 2.77. The summed E-state index contributed by atoms with van der Waals surface area (Å²) < 4.78 is 28.4. The summed E-state index contributed by atoms with van der Waals surface area (Å²) in [6.07, 6.45) is 2.11. The molecule has 1 atom stereocenters. The number of para-hydroxylation sites is 1. The summed E-state index contributed by atoms with van der Waals surface area (Å²) in [6.45, 7) is 7.80. The van der Waals surface area contributed by atoms with Crippen LogP contribution in [0.1, 0.15) is 54.9 Å². The van der Waals surface area contributed by atoms with Gasteiger partial charge in [0.05, 0.1) is 10.9 Å². The first kappa shape index (κ1) is 27.1. The maximum atomic E-state index is 13.0. The Kier molecular flexibility index (Phi) is 11.4. The molecule has 0 radical (unpaired) electrons. The Bertz CT molecular complexity index is 1160. The number of aromatic amines is 1. The third-order valence-electron chi connectivity index (χ3n) is 4.42. The van der Waals surface area contributed by atoms with Crippen LogP contribution in [0.25, 0.3) is 10.9 Å². The SMILES string of the molecule is CCC.CCC(C)c1ccc(F)cc1F.O=C(Cn1c(=O)[nH]c2ccccc2c1=O)NS.[HH].[HH]. The van der Waals surface area contributed by atoms with Crippen LogP contribution in [0.4, 0.5) is 8.78 Å². The lowest BCUT2D eigenvalue weighted by Crippen LogP contribution is -2.39. The van der Waals surface area contributed by atoms with Gasteiger partial charge in [0.1, 0.15) is 18.2 Å². The molecule has 1 unspecified atom stereocenters. The predicted molar refractivity (Wildman–Crippen MR) is 131 cm³/mol. The zero-order valence-electron chi connectivity index (χ0n) is 18.6. The molecule has 0 aliphatic carbocycles. The Morgan fingerprint density at radius 3 is 2.34 bits per heavy atom. The number of halogens is 2. The molecule has 1 aromatic heterocycles. The summed E-state index contributed by atoms with van der Waals surface area (Å²) in [4.78, 5) is 37.2. The number of hydrogen-bond donors (Lipinski definition) is 3. The van der Waals surface area contributed by atoms with Crippen LogP contribution in [0.5, 0.6) is 0 Å². The Morgan fingerprint density at radius 1 is 1.16 bits per heavy atom. The van der Waals surface area contributed by atoms with Crippen molar-refractivity contribution < 1.29 is 16.4 Å². The zero-order chi connectivity index (χ0) is 24.3. The molecule has 32 heavy (non-hydrogen) atoms. The lowest BCUT2D eigenvalue weighted by atomic mass is 9.98. The second-order valence-corrected chi connectivity index (χ2v) is 7.31. The predicted octanol–water partition coefficient (Wildman–Crippen LogP) is 5.04. The van der Waals surface area contributed by atoms with Crippen LogP contribution in [0.3, 0.4) is 0 Å². The summed E-state index contributed by atoms with van der Waals surface area (Å²) in [5, 5.41) is 0.360. The highest BCUT2D eigenvalue weighted by Crippen LogP contribution is 2.21. The number of nitrogens with one attached hydrogen (secondary N) is 2. The number of aromatic nitrogens is 2. The maximum absolute atomic E-state index is 13.0. The van der Waals surface area contributed by atoms with Gasteiger partial charge in [0.25, 0.3) is 5.56 Å². The summed E-state index contributed by atoms with van der Waals surface area (Å²) in [5.41, 5.74) is -0.0733. The zero-order valence-corrected chi connectivity index (χ0v) is 19.5. The van der Waals surface area contributed by atoms with Gasteiger partial charge in [-0.2, -0.15) is 0 Å². The number of amides is 1. The van der Waals surface area contributed by atoms with E-state index in [1.807, 2.05) is 13.8 Å². The number of rotatable bonds is 4. The molecule has 3 aromatic rings. The van der Waals surface area contributed by atoms with Gasteiger partial charge in [0, 0.05) is 8.92 Å². The molecule has 0 spiro atoms. The van der Waals surface area contributed by atoms with Gasteiger partial charge in [-0.25, -0.2) is 13.6 Å². The van der Waals surface area contributed by atoms with E-state index in [1.54, 1.807) is 24.3 Å². The number of H-pyrrole nitrogens is 1. The van der Waals surface area contributed by atoms with Gasteiger partial charge in [0.2, 0.25) is 5.91 Å². The highest BCUT2D eigenvalue weighted by molar-refractivity contribution is 7.78. The minimum absolute atomic E-state index is 0. The topological polar surface area (TPSA) is 84.0 Å². The Morgan fingerprint density at radius 2 is 1.78 bits per heavy atom. The van der Waals surface area contributed by atoms with Crippen molar-refractivity contribution in [1.29, 1.82) is 0 Å². The minimum atomic E-state index is -0.620. The molecular weight excluding hydrogens is 436 g/mol. The van der Waals surface area contributed by atoms with Crippen LogP contribution < -0.4 is 16.0 Å². The van der Waals surface area contributed by atoms with Crippen molar-refractivity contribution >= 4 is 29.6 Å². The average molecular weight is 470 g/mol. The number of fused-ring (bicyclic) bond motifs is 1. The van der Waals surface area contributed by atoms with Gasteiger partial charge >= 0.3 is 5.69 Å². The Labute approximate surface area is 194 Å². The Balaban J connectivity index is 0. The number of carbonyl (C=O) groups is 1. The monoisotopic (exact) mass is 469 g/mol. The molecule has 2 aromatic carbocycles. The van der Waals surface area contributed by atoms with Crippen LogP contribution in [-0.2, 0) is 11.3 Å². The van der Waals surface area contributed by atoms with Crippen LogP contribution >= 0.6 is 12.8 Å². The van der Waals surface area contributed by atoms with Crippen molar-refractivity contribution in [2.24, 2.45) is 0 Å². The number of nitrogens with zero attached hydrogens (tertiary/aromatic N) is 1. The van der Waals surface area contributed by atoms with Crippen molar-refractivity contribution in [1.82, 2.24) is 14.3 Å². The summed E-state index contributed by atoms with van der Waals surface area (Å²) in [5.74, 6) is -1.33. The molecule has 178 valence electrons. The smallest absolute Gasteiger partial charge is 0.307 e. The highest BCUT2D eigenvalue weighted by atomic mass is 32.1. The Hall–Kier alpha value is -2.94. The van der Waals surface area contributed by atoms with E-state index >= 15 is 0 Å². The number of carbonyl (C=O) groups excluding carboxylic acids is 1. The van der Waals surface area contributed by atoms with E-state index in [4.69, 9.17) is 0 Å². The highest BCUT2D eigenvalue weighted by Gasteiger charge is 2.10. The molecule has 0 aliphatic heterocycles. The summed E-state index contributed by atoms with van der Waals surface area (Å²) in [7, 11) is 0. The number of thiol groups is 1. The van der Waals surface area contributed by atoms with Gasteiger partial charge in [-0.05, 0) is 36.1 Å². The van der Waals surface area contributed by atoms with Crippen molar-refractivity contribution in [3.63, 3.8) is 0 Å². The molecular formula is C23H33F2N3O3S. The molecule has 0 saturated heterocycles. The second kappa shape index (κ2) is 13.5. The van der Waals surface area contributed by atoms with E-state index in [0.717, 1.165) is 17.1 Å². The quantitative estimate of drug-likeness (QED) is 0.468. The molecule has 2 N–H and O–H groups in total. The fraction of sp³-hybridized carbons (Fsp3) is 0.348. The lowest BCUT2D eigenvalue weighted by Gasteiger charge is -2.09. The summed E-state index contributed by atoms with van der Waals surface area (Å²) in [6, 6.07) is 10.3. The second-order valence-electron chi connectivity index (χ2n) is 7.08. The minimum Gasteiger partial charge on any atom is -0.307 e. The van der Waals surface area contributed by atoms with E-state index < -0.39 is 28.8 Å². The van der Waals surface area contributed by atoms with E-state index in [1.165, 1.54) is 18.6 Å². The van der Waals surface area contributed by atoms with Crippen molar-refractivity contribution in [2.75, 3.05) is 0 Å². The first-order valence-electron chi connectivity index (χ1n) is 10.3. The molecule has 9 heteroatoms. The van der Waals surface area contributed by atoms with Crippen molar-refractivity contribution in [3.05, 3.63) is 80.5 Å². The van der Waals surface area contributed by atoms with Crippen molar-refractivity contribution in [2.45, 2.75) is 53.0 Å². The van der Waals surface area contributed by atoms with E-state index in [0.29, 0.717) is 16.5 Å². The molecule has 1 heterocycles. The van der Waals surface area contributed by atoms with Crippen molar-refractivity contribution in [3.8, 4) is 0 Å². The molecule has 1 amide bonds. The van der Waals surface area contributed by atoms with Gasteiger partial charge in [0.15, 0.2) is 0 Å². The normalized spacial score (nSPS) is 11.0. The molecule has 6 nitrogen and oxygen atoms in total. The van der Waals surface area contributed by atoms with Crippen LogP contribution in [0.2, 0.25) is 0 Å². The van der Waals surface area contributed by atoms with Gasteiger partial charge < -0.3 is 9.71 Å². The van der Waals surface area contributed by atoms with Gasteiger partial charge in [-0.1, -0.05) is 65.1 Å². The first-order chi connectivity index (χ1) is 15.2. The first-order valence-corrected chi connectivity index (χ1v) is 10.7. The standard InChI is InChI=1S/C10H12F2.C10H9N3O3S.C3H8.2H2/c1-3-7(2)9-5-4-8(11)6-10(9)12;14-8(12-17)5-13-9(15)6-3-1-2-4-7(6)11-10(13)16;1-3-2;;/h4-7H,3H2,1-2H3;1-4,17H,5H2,(H,11,16)(H,12,14);3H2,1-2H3;2*1H. The third kappa shape index (κ3) is 7.64. The van der Waals surface area contributed by atoms with Crippen LogP contribution in [0, 0.1) is 11.6 Å². The molecule has 0 aliphatic rings. The van der Waals surface area contributed by atoms with Gasteiger partial charge in [-0.3, -0.25) is 14.2 Å². The fourth-order valence-electron chi connectivity index (χ4n) is 2.64. The van der Waals surface area contributed by atoms with Crippen LogP contribution in [0.15, 0.2) is 52.1 Å². The van der Waals surface area contributed by atoms with E-state index in [2.05, 4.69) is 36.4 Å². The lowest BCUT2D eigenvalue weighted by molar-refractivity contribution is -0.119. The van der Waals surface area contributed by atoms with E-state index in [9.17, 15) is 23.2 Å². The molecule has 0 saturated carbocycles. The largest absolute Gasteiger partial charge is 0.329 e. The van der Waals surface area contributed by atoms with E-state index in [-0.39, 0.29) is 15.3 Å². The van der Waals surface area contributed by atoms with Gasteiger partial charge in [-0.15, -0.1) is 0 Å². The fourth-order valence-corrected chi connectivity index (χ4v) is 2.71. The van der Waals surface area contributed by atoms with Crippen LogP contribution in [-0.4, -0.2) is 15.5 Å². The molecule has 3 rings (SSSR count).